The van der Waals surface area contributed by atoms with Gasteiger partial charge < -0.3 is 0 Å². The third kappa shape index (κ3) is 1.56. The van der Waals surface area contributed by atoms with Gasteiger partial charge in [0.2, 0.25) is 0 Å². The molecule has 0 atom stereocenters. The number of nitrogens with zero attached hydrogens (tertiary/aromatic N) is 1. The molecule has 0 bridgehead atoms. The fourth-order valence-corrected chi connectivity index (χ4v) is 1.48. The van der Waals surface area contributed by atoms with Gasteiger partial charge >= 0.3 is 0 Å². The highest BCUT2D eigenvalue weighted by Crippen LogP contribution is 2.06. The highest BCUT2D eigenvalue weighted by molar-refractivity contribution is 14.1. The van der Waals surface area contributed by atoms with Gasteiger partial charge in [0.15, 0.2) is 0 Å². The van der Waals surface area contributed by atoms with Crippen LogP contribution >= 0.6 is 33.9 Å². The van der Waals surface area contributed by atoms with Crippen LogP contribution in [0.3, 0.4) is 0 Å². The molecule has 0 aliphatic carbocycles. The van der Waals surface area contributed by atoms with Gasteiger partial charge in [0.25, 0.3) is 0 Å². The molecule has 1 aromatic heterocycles. The Kier molecular flexibility index (Phi) is 2.48. The van der Waals surface area contributed by atoms with Crippen LogP contribution in [0.25, 0.3) is 6.08 Å². The number of hydrogen-bond donors (Lipinski definition) is 0. The summed E-state index contributed by atoms with van der Waals surface area (Å²) in [6.45, 7) is 0. The van der Waals surface area contributed by atoms with E-state index in [4.69, 9.17) is 0 Å². The van der Waals surface area contributed by atoms with Gasteiger partial charge in [0.1, 0.15) is 5.01 Å². The molecule has 0 spiro atoms. The average Bonchev–Trinajstić information content (AvgIpc) is 2.19. The van der Waals surface area contributed by atoms with E-state index in [0.29, 0.717) is 0 Å². The molecule has 1 heterocycles. The number of halogens is 1. The first-order chi connectivity index (χ1) is 3.93. The maximum atomic E-state index is 4.03. The van der Waals surface area contributed by atoms with Gasteiger partial charge in [-0.2, -0.15) is 0 Å². The van der Waals surface area contributed by atoms with Gasteiger partial charge in [-0.25, -0.2) is 4.98 Å². The van der Waals surface area contributed by atoms with Crippen molar-refractivity contribution in [2.24, 2.45) is 0 Å². The van der Waals surface area contributed by atoms with Crippen molar-refractivity contribution < 1.29 is 0 Å². The van der Waals surface area contributed by atoms with Gasteiger partial charge in [-0.3, -0.25) is 0 Å². The highest BCUT2D eigenvalue weighted by Gasteiger charge is 1.82. The summed E-state index contributed by atoms with van der Waals surface area (Å²) in [5.74, 6) is 0. The van der Waals surface area contributed by atoms with Crippen molar-refractivity contribution in [1.29, 1.82) is 0 Å². The molecular weight excluding hydrogens is 233 g/mol. The van der Waals surface area contributed by atoms with Crippen molar-refractivity contribution in [2.75, 3.05) is 0 Å². The fraction of sp³-hybridized carbons (Fsp3) is 0. The van der Waals surface area contributed by atoms with E-state index in [1.807, 2.05) is 15.5 Å². The van der Waals surface area contributed by atoms with Crippen LogP contribution in [0.5, 0.6) is 0 Å². The largest absolute Gasteiger partial charge is 0.245 e. The van der Waals surface area contributed by atoms with Crippen LogP contribution < -0.4 is 0 Å². The molecular formula is C5H4INS. The minimum absolute atomic E-state index is 1.07. The van der Waals surface area contributed by atoms with Crippen LogP contribution in [0.4, 0.5) is 0 Å². The van der Waals surface area contributed by atoms with Crippen LogP contribution in [0.2, 0.25) is 0 Å². The minimum Gasteiger partial charge on any atom is -0.245 e. The number of thiazole rings is 1. The van der Waals surface area contributed by atoms with Crippen molar-refractivity contribution in [3.05, 3.63) is 20.7 Å². The van der Waals surface area contributed by atoms with E-state index in [0.717, 1.165) is 5.01 Å². The van der Waals surface area contributed by atoms with E-state index in [2.05, 4.69) is 27.6 Å². The molecule has 0 saturated heterocycles. The summed E-state index contributed by atoms with van der Waals surface area (Å²) in [7, 11) is 0. The first kappa shape index (κ1) is 6.22. The monoisotopic (exact) mass is 237 g/mol. The first-order valence-corrected chi connectivity index (χ1v) is 4.22. The quantitative estimate of drug-likeness (QED) is 0.684. The Morgan fingerprint density at radius 2 is 2.62 bits per heavy atom. The maximum absolute atomic E-state index is 4.03. The second-order valence-corrected chi connectivity index (χ2v) is 2.81. The second kappa shape index (κ2) is 3.19. The number of rotatable bonds is 1. The van der Waals surface area contributed by atoms with E-state index < -0.39 is 0 Å². The third-order valence-electron chi connectivity index (χ3n) is 0.657. The van der Waals surface area contributed by atoms with E-state index in [9.17, 15) is 0 Å². The normalized spacial score (nSPS) is 10.6. The van der Waals surface area contributed by atoms with Gasteiger partial charge in [-0.1, -0.05) is 22.6 Å². The molecule has 8 heavy (non-hydrogen) atoms. The van der Waals surface area contributed by atoms with E-state index in [-0.39, 0.29) is 0 Å². The van der Waals surface area contributed by atoms with Crippen LogP contribution in [0.1, 0.15) is 5.01 Å². The predicted octanol–water partition coefficient (Wildman–Crippen LogP) is 2.55. The lowest BCUT2D eigenvalue weighted by Crippen LogP contribution is -1.59. The van der Waals surface area contributed by atoms with Gasteiger partial charge in [-0.15, -0.1) is 11.3 Å². The van der Waals surface area contributed by atoms with Gasteiger partial charge in [-0.05, 0) is 10.2 Å². The Morgan fingerprint density at radius 1 is 1.75 bits per heavy atom. The van der Waals surface area contributed by atoms with Crippen LogP contribution in [0.15, 0.2) is 15.7 Å². The van der Waals surface area contributed by atoms with E-state index in [1.165, 1.54) is 0 Å². The summed E-state index contributed by atoms with van der Waals surface area (Å²) in [6, 6.07) is 0. The van der Waals surface area contributed by atoms with Crippen molar-refractivity contribution in [3.8, 4) is 0 Å². The van der Waals surface area contributed by atoms with Crippen molar-refractivity contribution in [1.82, 2.24) is 4.98 Å². The molecule has 0 aromatic carbocycles. The minimum atomic E-state index is 1.07. The smallest absolute Gasteiger partial charge is 0.116 e. The Labute approximate surface area is 65.6 Å². The molecule has 42 valence electrons. The fourth-order valence-electron chi connectivity index (χ4n) is 0.371. The standard InChI is InChI=1S/C5H4INS/c6-2-1-5-7-3-4-8-5/h1-4H. The lowest BCUT2D eigenvalue weighted by atomic mass is 10.7. The lowest BCUT2D eigenvalue weighted by Gasteiger charge is -1.72. The summed E-state index contributed by atoms with van der Waals surface area (Å²) >= 11 is 3.82. The molecule has 0 saturated carbocycles. The van der Waals surface area contributed by atoms with Crippen LogP contribution in [0, 0.1) is 0 Å². The lowest BCUT2D eigenvalue weighted by molar-refractivity contribution is 1.40. The molecule has 1 aromatic rings. The van der Waals surface area contributed by atoms with Crippen molar-refractivity contribution in [2.45, 2.75) is 0 Å². The molecule has 0 aliphatic heterocycles. The Hall–Kier alpha value is 0.1000. The molecule has 1 nitrogen and oxygen atoms in total. The zero-order valence-corrected chi connectivity index (χ0v) is 7.02. The van der Waals surface area contributed by atoms with Crippen molar-refractivity contribution in [3.63, 3.8) is 0 Å². The van der Waals surface area contributed by atoms with Crippen LogP contribution in [-0.4, -0.2) is 4.98 Å². The molecule has 1 rings (SSSR count). The molecule has 0 aliphatic rings. The van der Waals surface area contributed by atoms with Gasteiger partial charge in [0, 0.05) is 11.6 Å². The zero-order valence-electron chi connectivity index (χ0n) is 4.04. The number of aromatic nitrogens is 1. The summed E-state index contributed by atoms with van der Waals surface area (Å²) in [5, 5.41) is 3.03. The molecule has 0 amide bonds. The van der Waals surface area contributed by atoms with Crippen molar-refractivity contribution >= 4 is 40.0 Å². The molecule has 0 fully saturated rings. The summed E-state index contributed by atoms with van der Waals surface area (Å²) in [6.07, 6.45) is 3.78. The molecule has 3 heteroatoms. The average molecular weight is 237 g/mol. The summed E-state index contributed by atoms with van der Waals surface area (Å²) in [4.78, 5) is 4.03. The topological polar surface area (TPSA) is 12.9 Å². The van der Waals surface area contributed by atoms with Gasteiger partial charge in [0.05, 0.1) is 0 Å². The Bertz CT molecular complexity index is 169. The summed E-state index contributed by atoms with van der Waals surface area (Å²) < 4.78 is 1.95. The molecule has 0 radical (unpaired) electrons. The highest BCUT2D eigenvalue weighted by atomic mass is 127. The maximum Gasteiger partial charge on any atom is 0.116 e. The SMILES string of the molecule is IC=Cc1nccs1. The summed E-state index contributed by atoms with van der Waals surface area (Å²) in [5.41, 5.74) is 0. The zero-order chi connectivity index (χ0) is 5.82. The second-order valence-electron chi connectivity index (χ2n) is 1.16. The first-order valence-electron chi connectivity index (χ1n) is 2.10. The molecule has 0 N–H and O–H groups in total. The van der Waals surface area contributed by atoms with E-state index in [1.54, 1.807) is 17.5 Å². The number of hydrogen-bond acceptors (Lipinski definition) is 2. The van der Waals surface area contributed by atoms with E-state index >= 15 is 0 Å². The Balaban J connectivity index is 2.77. The third-order valence-corrected chi connectivity index (χ3v) is 1.76. The van der Waals surface area contributed by atoms with Crippen LogP contribution in [-0.2, 0) is 0 Å². The predicted molar refractivity (Wildman–Crippen MR) is 45.2 cm³/mol. The molecule has 0 unspecified atom stereocenters. The Morgan fingerprint density at radius 3 is 3.12 bits per heavy atom.